The van der Waals surface area contributed by atoms with E-state index in [2.05, 4.69) is 69.9 Å². The number of benzene rings is 3. The summed E-state index contributed by atoms with van der Waals surface area (Å²) in [4.78, 5) is 7.69. The van der Waals surface area contributed by atoms with Gasteiger partial charge in [0, 0.05) is 35.8 Å². The maximum atomic E-state index is 14.9. The molecule has 2 aromatic heterocycles. The highest BCUT2D eigenvalue weighted by Gasteiger charge is 2.43. The van der Waals surface area contributed by atoms with E-state index in [-0.39, 0.29) is 6.10 Å². The Kier molecular flexibility index (Phi) is 8.29. The Morgan fingerprint density at radius 2 is 1.84 bits per heavy atom. The Hall–Kier alpha value is -3.77. The number of ether oxygens (including phenoxy) is 3. The summed E-state index contributed by atoms with van der Waals surface area (Å²) < 4.78 is 37.8. The lowest BCUT2D eigenvalue weighted by Crippen LogP contribution is -2.35. The number of fused-ring (bicyclic) bond motifs is 2. The van der Waals surface area contributed by atoms with E-state index < -0.39 is 19.7 Å². The zero-order chi connectivity index (χ0) is 33.9. The number of aromatic nitrogens is 5. The van der Waals surface area contributed by atoms with E-state index in [0.717, 1.165) is 91.9 Å². The van der Waals surface area contributed by atoms with E-state index in [1.54, 1.807) is 19.1 Å². The van der Waals surface area contributed by atoms with Crippen molar-refractivity contribution in [3.8, 4) is 22.8 Å². The fraction of sp³-hybridized carbons (Fsp3) is 0.432. The van der Waals surface area contributed by atoms with E-state index in [9.17, 15) is 4.39 Å². The lowest BCUT2D eigenvalue weighted by molar-refractivity contribution is -0.0712. The maximum absolute atomic E-state index is 14.9. The van der Waals surface area contributed by atoms with Crippen LogP contribution >= 0.6 is 11.6 Å². The molecule has 3 aliphatic heterocycles. The summed E-state index contributed by atoms with van der Waals surface area (Å²) >= 11 is 6.01. The molecule has 2 fully saturated rings. The average molecular weight is 701 g/mol. The molecule has 5 heterocycles. The summed E-state index contributed by atoms with van der Waals surface area (Å²) in [6.07, 6.45) is 6.22. The normalized spacial score (nSPS) is 21.4. The van der Waals surface area contributed by atoms with E-state index in [0.29, 0.717) is 28.0 Å². The van der Waals surface area contributed by atoms with E-state index >= 15 is 0 Å². The number of halogens is 2. The van der Waals surface area contributed by atoms with Crippen LogP contribution < -0.4 is 9.47 Å². The van der Waals surface area contributed by atoms with Gasteiger partial charge in [0.25, 0.3) is 5.79 Å². The number of piperidine rings is 1. The van der Waals surface area contributed by atoms with Crippen LogP contribution in [0, 0.1) is 5.82 Å². The monoisotopic (exact) mass is 700 g/mol. The molecule has 0 saturated carbocycles. The third-order valence-electron chi connectivity index (χ3n) is 9.90. The molecule has 9 nitrogen and oxygen atoms in total. The van der Waals surface area contributed by atoms with Gasteiger partial charge < -0.3 is 18.8 Å². The first-order chi connectivity index (χ1) is 23.5. The third kappa shape index (κ3) is 6.49. The van der Waals surface area contributed by atoms with Crippen LogP contribution in [-0.2, 0) is 29.8 Å². The lowest BCUT2D eigenvalue weighted by atomic mass is 9.88. The van der Waals surface area contributed by atoms with Crippen LogP contribution in [0.2, 0.25) is 24.7 Å². The number of imidazole rings is 1. The predicted molar refractivity (Wildman–Crippen MR) is 190 cm³/mol. The van der Waals surface area contributed by atoms with Crippen LogP contribution in [0.25, 0.3) is 22.3 Å². The third-order valence-corrected chi connectivity index (χ3v) is 11.4. The van der Waals surface area contributed by atoms with Crippen LogP contribution in [0.3, 0.4) is 0 Å². The topological polar surface area (TPSA) is 79.5 Å². The Balaban J connectivity index is 0.989. The van der Waals surface area contributed by atoms with Gasteiger partial charge in [-0.15, -0.1) is 5.10 Å². The summed E-state index contributed by atoms with van der Waals surface area (Å²) in [6, 6.07) is 17.0. The van der Waals surface area contributed by atoms with Crippen molar-refractivity contribution in [2.75, 3.05) is 19.7 Å². The van der Waals surface area contributed by atoms with Gasteiger partial charge in [0.2, 0.25) is 0 Å². The second-order valence-electron chi connectivity index (χ2n) is 15.0. The molecule has 3 aromatic carbocycles. The maximum Gasteiger partial charge on any atom is 0.278 e. The predicted octanol–water partition coefficient (Wildman–Crippen LogP) is 7.78. The highest BCUT2D eigenvalue weighted by Crippen LogP contribution is 2.50. The van der Waals surface area contributed by atoms with Crippen molar-refractivity contribution in [2.24, 2.45) is 0 Å². The van der Waals surface area contributed by atoms with Crippen molar-refractivity contribution < 1.29 is 18.6 Å². The standard InChI is InChI=1S/C37H42ClFN6O3Si/c1-37(29-10-9-26(38)19-30(29)39)47-34-7-5-6-28(36(34)48-37)24-12-15-43(16-13-24)22-35-40-31-18-25(32-21-44(42-41-32)23-49(2,3)4)8-11-33(31)45(35)20-27-14-17-46-27/h5-11,18-19,21,24,27H,12-17,20,22-23H2,1-4H3/t27-,37?/m0/s1. The molecule has 3 aliphatic rings. The van der Waals surface area contributed by atoms with Gasteiger partial charge in [-0.05, 0) is 74.7 Å². The number of hydrogen-bond donors (Lipinski definition) is 0. The van der Waals surface area contributed by atoms with Gasteiger partial charge in [-0.2, -0.15) is 0 Å². The fourth-order valence-corrected chi connectivity index (χ4v) is 8.61. The highest BCUT2D eigenvalue weighted by atomic mass is 35.5. The van der Waals surface area contributed by atoms with Crippen LogP contribution in [0.4, 0.5) is 4.39 Å². The lowest BCUT2D eigenvalue weighted by Gasteiger charge is -2.33. The van der Waals surface area contributed by atoms with Crippen molar-refractivity contribution in [3.63, 3.8) is 0 Å². The molecule has 0 aliphatic carbocycles. The van der Waals surface area contributed by atoms with Gasteiger partial charge in [0.15, 0.2) is 11.5 Å². The van der Waals surface area contributed by atoms with Crippen LogP contribution in [0.1, 0.15) is 49.1 Å². The van der Waals surface area contributed by atoms with E-state index in [1.807, 2.05) is 16.8 Å². The van der Waals surface area contributed by atoms with Gasteiger partial charge in [0.1, 0.15) is 17.3 Å². The summed E-state index contributed by atoms with van der Waals surface area (Å²) in [5.74, 6) is 0.988. The van der Waals surface area contributed by atoms with Gasteiger partial charge in [-0.1, -0.05) is 54.7 Å². The molecule has 0 N–H and O–H groups in total. The summed E-state index contributed by atoms with van der Waals surface area (Å²) in [6.45, 7) is 13.0. The minimum atomic E-state index is -1.32. The fourth-order valence-electron chi connectivity index (χ4n) is 7.33. The molecular formula is C37H42ClFN6O3Si. The second kappa shape index (κ2) is 12.5. The molecule has 49 heavy (non-hydrogen) atoms. The number of nitrogens with zero attached hydrogens (tertiary/aromatic N) is 6. The Morgan fingerprint density at radius 3 is 2.57 bits per heavy atom. The molecule has 2 saturated heterocycles. The number of hydrogen-bond acceptors (Lipinski definition) is 7. The SMILES string of the molecule is CC1(c2ccc(Cl)cc2F)Oc2cccc(C3CCN(Cc4nc5cc(-c6cn(C[Si](C)(C)C)nn6)ccc5n4C[C@@H]4CCO4)CC3)c2O1. The first-order valence-electron chi connectivity index (χ1n) is 17.2. The first-order valence-corrected chi connectivity index (χ1v) is 21.3. The highest BCUT2D eigenvalue weighted by molar-refractivity contribution is 6.74. The molecule has 12 heteroatoms. The first kappa shape index (κ1) is 32.4. The van der Waals surface area contributed by atoms with Crippen LogP contribution in [0.5, 0.6) is 11.5 Å². The Morgan fingerprint density at radius 1 is 1.02 bits per heavy atom. The smallest absolute Gasteiger partial charge is 0.278 e. The molecule has 2 atom stereocenters. The van der Waals surface area contributed by atoms with E-state index in [4.69, 9.17) is 30.8 Å². The summed E-state index contributed by atoms with van der Waals surface area (Å²) in [5, 5.41) is 9.23. The molecule has 5 aromatic rings. The molecule has 0 spiro atoms. The molecule has 0 radical (unpaired) electrons. The van der Waals surface area contributed by atoms with Crippen LogP contribution in [0.15, 0.2) is 60.8 Å². The van der Waals surface area contributed by atoms with Gasteiger partial charge in [0.05, 0.1) is 50.1 Å². The van der Waals surface area contributed by atoms with Gasteiger partial charge >= 0.3 is 0 Å². The summed E-state index contributed by atoms with van der Waals surface area (Å²) in [5.41, 5.74) is 5.43. The molecule has 8 rings (SSSR count). The molecular weight excluding hydrogens is 659 g/mol. The largest absolute Gasteiger partial charge is 0.444 e. The van der Waals surface area contributed by atoms with E-state index in [1.165, 1.54) is 6.07 Å². The number of rotatable bonds is 9. The van der Waals surface area contributed by atoms with Crippen molar-refractivity contribution >= 4 is 30.7 Å². The Labute approximate surface area is 291 Å². The quantitative estimate of drug-likeness (QED) is 0.145. The minimum absolute atomic E-state index is 0.220. The minimum Gasteiger partial charge on any atom is -0.444 e. The zero-order valence-electron chi connectivity index (χ0n) is 28.5. The molecule has 0 amide bonds. The molecule has 1 unspecified atom stereocenters. The van der Waals surface area contributed by atoms with Gasteiger partial charge in [-0.25, -0.2) is 9.37 Å². The molecule has 256 valence electrons. The Bertz CT molecular complexity index is 2020. The van der Waals surface area contributed by atoms with Crippen molar-refractivity contribution in [1.29, 1.82) is 0 Å². The summed E-state index contributed by atoms with van der Waals surface area (Å²) in [7, 11) is -1.32. The average Bonchev–Trinajstić information content (AvgIpc) is 3.73. The number of likely N-dealkylation sites (tertiary alicyclic amines) is 1. The zero-order valence-corrected chi connectivity index (χ0v) is 30.2. The number of para-hydroxylation sites is 1. The van der Waals surface area contributed by atoms with Crippen LogP contribution in [-0.4, -0.2) is 63.3 Å². The van der Waals surface area contributed by atoms with Gasteiger partial charge in [-0.3, -0.25) is 9.58 Å². The van der Waals surface area contributed by atoms with Crippen molar-refractivity contribution in [2.45, 2.75) is 82.9 Å². The van der Waals surface area contributed by atoms with Crippen molar-refractivity contribution in [3.05, 3.63) is 88.6 Å². The second-order valence-corrected chi connectivity index (χ2v) is 20.9. The molecule has 0 bridgehead atoms. The van der Waals surface area contributed by atoms with Crippen molar-refractivity contribution in [1.82, 2.24) is 29.4 Å².